The van der Waals surface area contributed by atoms with Crippen LogP contribution in [-0.4, -0.2) is 22.3 Å². The minimum atomic E-state index is 0.0243. The smallest absolute Gasteiger partial charge is 0.222 e. The summed E-state index contributed by atoms with van der Waals surface area (Å²) in [6.07, 6.45) is 6.21. The Balaban J connectivity index is 1.68. The van der Waals surface area contributed by atoms with Crippen LogP contribution in [0, 0.1) is 5.41 Å². The van der Waals surface area contributed by atoms with E-state index in [0.29, 0.717) is 25.4 Å². The van der Waals surface area contributed by atoms with Crippen molar-refractivity contribution in [2.24, 2.45) is 5.41 Å². The lowest BCUT2D eigenvalue weighted by Crippen LogP contribution is -2.29. The van der Waals surface area contributed by atoms with E-state index in [9.17, 15) is 9.59 Å². The van der Waals surface area contributed by atoms with E-state index >= 15 is 0 Å². The van der Waals surface area contributed by atoms with Crippen molar-refractivity contribution in [1.82, 2.24) is 9.88 Å². The summed E-state index contributed by atoms with van der Waals surface area (Å²) >= 11 is 0. The summed E-state index contributed by atoms with van der Waals surface area (Å²) in [5.74, 6) is 0.355. The summed E-state index contributed by atoms with van der Waals surface area (Å²) in [6, 6.07) is 2.33. The molecule has 20 heavy (non-hydrogen) atoms. The molecule has 1 amide bonds. The van der Waals surface area contributed by atoms with Crippen LogP contribution in [0.3, 0.4) is 0 Å². The van der Waals surface area contributed by atoms with Crippen molar-refractivity contribution < 1.29 is 9.59 Å². The molecule has 1 aromatic heterocycles. The predicted octanol–water partition coefficient (Wildman–Crippen LogP) is 2.31. The Morgan fingerprint density at radius 2 is 2.15 bits per heavy atom. The van der Waals surface area contributed by atoms with Gasteiger partial charge in [-0.25, -0.2) is 0 Å². The number of nitrogens with zero attached hydrogens (tertiary/aromatic N) is 1. The van der Waals surface area contributed by atoms with Crippen molar-refractivity contribution in [3.63, 3.8) is 0 Å². The Hall–Kier alpha value is -1.58. The average Bonchev–Trinajstić information content (AvgIpc) is 3.05. The van der Waals surface area contributed by atoms with Crippen molar-refractivity contribution in [2.75, 3.05) is 0 Å². The molecule has 2 aliphatic rings. The zero-order valence-electron chi connectivity index (χ0n) is 12.2. The first-order chi connectivity index (χ1) is 9.44. The molecule has 0 bridgehead atoms. The van der Waals surface area contributed by atoms with E-state index in [-0.39, 0.29) is 17.1 Å². The first kappa shape index (κ1) is 13.4. The van der Waals surface area contributed by atoms with Crippen LogP contribution in [0.4, 0.5) is 0 Å². The molecule has 0 radical (unpaired) electrons. The number of rotatable bonds is 4. The fourth-order valence-electron chi connectivity index (χ4n) is 2.96. The number of hydrogen-bond acceptors (Lipinski definition) is 2. The molecule has 0 saturated heterocycles. The van der Waals surface area contributed by atoms with Crippen LogP contribution < -0.4 is 5.32 Å². The second-order valence-corrected chi connectivity index (χ2v) is 6.90. The lowest BCUT2D eigenvalue weighted by molar-refractivity contribution is -0.121. The van der Waals surface area contributed by atoms with Gasteiger partial charge >= 0.3 is 0 Å². The summed E-state index contributed by atoms with van der Waals surface area (Å²) in [5.41, 5.74) is 1.98. The molecule has 4 heteroatoms. The van der Waals surface area contributed by atoms with E-state index < -0.39 is 0 Å². The van der Waals surface area contributed by atoms with Gasteiger partial charge in [0.1, 0.15) is 0 Å². The van der Waals surface area contributed by atoms with Crippen molar-refractivity contribution in [3.05, 3.63) is 23.5 Å². The van der Waals surface area contributed by atoms with Gasteiger partial charge in [0.25, 0.3) is 0 Å². The molecule has 4 nitrogen and oxygen atoms in total. The highest BCUT2D eigenvalue weighted by molar-refractivity contribution is 5.98. The number of hydrogen-bond donors (Lipinski definition) is 1. The van der Waals surface area contributed by atoms with Crippen LogP contribution >= 0.6 is 0 Å². The van der Waals surface area contributed by atoms with Crippen LogP contribution in [0.5, 0.6) is 0 Å². The van der Waals surface area contributed by atoms with Gasteiger partial charge in [-0.2, -0.15) is 0 Å². The van der Waals surface area contributed by atoms with Gasteiger partial charge in [-0.3, -0.25) is 9.59 Å². The van der Waals surface area contributed by atoms with Gasteiger partial charge in [0.2, 0.25) is 5.91 Å². The molecule has 1 N–H and O–H groups in total. The third kappa shape index (κ3) is 2.79. The van der Waals surface area contributed by atoms with Crippen molar-refractivity contribution in [2.45, 2.75) is 58.5 Å². The molecular weight excluding hydrogens is 252 g/mol. The third-order valence-corrected chi connectivity index (χ3v) is 4.19. The predicted molar refractivity (Wildman–Crippen MR) is 76.6 cm³/mol. The first-order valence-electron chi connectivity index (χ1n) is 7.45. The second kappa shape index (κ2) is 4.76. The highest BCUT2D eigenvalue weighted by atomic mass is 16.1. The topological polar surface area (TPSA) is 51.1 Å². The minimum Gasteiger partial charge on any atom is -0.353 e. The molecule has 0 spiro atoms. The van der Waals surface area contributed by atoms with Crippen LogP contribution in [0.15, 0.2) is 12.3 Å². The van der Waals surface area contributed by atoms with Gasteiger partial charge in [0, 0.05) is 42.9 Å². The van der Waals surface area contributed by atoms with Crippen molar-refractivity contribution in [1.29, 1.82) is 0 Å². The first-order valence-corrected chi connectivity index (χ1v) is 7.45. The maximum atomic E-state index is 12.1. The summed E-state index contributed by atoms with van der Waals surface area (Å²) in [4.78, 5) is 23.9. The van der Waals surface area contributed by atoms with E-state index in [4.69, 9.17) is 0 Å². The Morgan fingerprint density at radius 1 is 1.40 bits per heavy atom. The van der Waals surface area contributed by atoms with E-state index in [1.165, 1.54) is 0 Å². The fourth-order valence-corrected chi connectivity index (χ4v) is 2.96. The zero-order chi connectivity index (χ0) is 14.3. The number of aryl methyl sites for hydroxylation is 1. The molecule has 0 aromatic carbocycles. The van der Waals surface area contributed by atoms with Gasteiger partial charge < -0.3 is 9.88 Å². The normalized spacial score (nSPS) is 20.6. The van der Waals surface area contributed by atoms with Crippen LogP contribution in [-0.2, 0) is 17.8 Å². The quantitative estimate of drug-likeness (QED) is 0.916. The molecule has 0 atom stereocenters. The lowest BCUT2D eigenvalue weighted by atomic mass is 9.76. The highest BCUT2D eigenvalue weighted by Gasteiger charge is 2.33. The van der Waals surface area contributed by atoms with Crippen molar-refractivity contribution in [3.8, 4) is 0 Å². The third-order valence-electron chi connectivity index (χ3n) is 4.19. The lowest BCUT2D eigenvalue weighted by Gasteiger charge is -2.29. The number of amides is 1. The maximum absolute atomic E-state index is 12.1. The molecule has 1 aromatic rings. The molecule has 1 fully saturated rings. The molecule has 1 saturated carbocycles. The number of carbonyl (C=O) groups excluding carboxylic acids is 2. The van der Waals surface area contributed by atoms with Crippen LogP contribution in [0.2, 0.25) is 0 Å². The van der Waals surface area contributed by atoms with Gasteiger partial charge in [0.05, 0.1) is 0 Å². The number of Topliss-reactive ketones (excluding diaryl/α,β-unsaturated/α-hetero) is 1. The minimum absolute atomic E-state index is 0.0243. The Morgan fingerprint density at radius 3 is 2.85 bits per heavy atom. The van der Waals surface area contributed by atoms with Crippen LogP contribution in [0.1, 0.15) is 55.6 Å². The van der Waals surface area contributed by atoms with Crippen LogP contribution in [0.25, 0.3) is 0 Å². The standard InChI is InChI=1S/C16H22N2O2/c1-16(2)9-13-12(14(19)10-16)5-7-18(13)8-6-15(20)17-11-3-4-11/h5,7,11H,3-4,6,8-10H2,1-2H3,(H,17,20). The van der Waals surface area contributed by atoms with Gasteiger partial charge in [-0.1, -0.05) is 13.8 Å². The molecule has 108 valence electrons. The average molecular weight is 274 g/mol. The number of fused-ring (bicyclic) bond motifs is 1. The molecular formula is C16H22N2O2. The highest BCUT2D eigenvalue weighted by Crippen LogP contribution is 2.35. The molecule has 1 heterocycles. The summed E-state index contributed by atoms with van der Waals surface area (Å²) in [7, 11) is 0. The number of nitrogens with one attached hydrogen (secondary N) is 1. The monoisotopic (exact) mass is 274 g/mol. The molecule has 3 rings (SSSR count). The second-order valence-electron chi connectivity index (χ2n) is 6.90. The number of aromatic nitrogens is 1. The summed E-state index contributed by atoms with van der Waals surface area (Å²) in [5, 5.41) is 3.00. The fraction of sp³-hybridized carbons (Fsp3) is 0.625. The van der Waals surface area contributed by atoms with E-state index in [1.54, 1.807) is 0 Å². The van der Waals surface area contributed by atoms with Crippen molar-refractivity contribution >= 4 is 11.7 Å². The summed E-state index contributed by atoms with van der Waals surface area (Å²) in [6.45, 7) is 4.92. The Bertz CT molecular complexity index is 553. The largest absolute Gasteiger partial charge is 0.353 e. The zero-order valence-corrected chi connectivity index (χ0v) is 12.2. The van der Waals surface area contributed by atoms with E-state index in [0.717, 1.165) is 30.5 Å². The maximum Gasteiger partial charge on any atom is 0.222 e. The number of ketones is 1. The van der Waals surface area contributed by atoms with Gasteiger partial charge in [-0.15, -0.1) is 0 Å². The summed E-state index contributed by atoms with van der Waals surface area (Å²) < 4.78 is 2.08. The van der Waals surface area contributed by atoms with Gasteiger partial charge in [0.15, 0.2) is 5.78 Å². The molecule has 2 aliphatic carbocycles. The Labute approximate surface area is 119 Å². The SMILES string of the molecule is CC1(C)CC(=O)c2ccn(CCC(=O)NC3CC3)c2C1. The Kier molecular flexibility index (Phi) is 3.19. The molecule has 0 aliphatic heterocycles. The van der Waals surface area contributed by atoms with Gasteiger partial charge in [-0.05, 0) is 30.7 Å². The van der Waals surface area contributed by atoms with E-state index in [2.05, 4.69) is 23.7 Å². The number of carbonyl (C=O) groups is 2. The van der Waals surface area contributed by atoms with E-state index in [1.807, 2.05) is 12.3 Å². The molecule has 0 unspecified atom stereocenters.